The SMILES string of the molecule is CNC=C1C2=C(C=O)OC3CCCCC3C2C2c3cc[n+](C)cc3OC3CCCC1C32. The monoisotopic (exact) mass is 421 g/mol. The quantitative estimate of drug-likeness (QED) is 0.586. The van der Waals surface area contributed by atoms with E-state index in [4.69, 9.17) is 9.47 Å². The normalized spacial score (nSPS) is 39.3. The fourth-order valence-corrected chi connectivity index (χ4v) is 7.62. The zero-order valence-corrected chi connectivity index (χ0v) is 18.5. The summed E-state index contributed by atoms with van der Waals surface area (Å²) in [7, 11) is 4.03. The molecule has 3 saturated carbocycles. The number of carbonyl (C=O) groups excluding carboxylic acids is 1. The second-order valence-corrected chi connectivity index (χ2v) is 10.1. The maximum absolute atomic E-state index is 12.3. The molecule has 0 saturated heterocycles. The summed E-state index contributed by atoms with van der Waals surface area (Å²) in [5.74, 6) is 3.72. The van der Waals surface area contributed by atoms with Gasteiger partial charge in [0.25, 0.3) is 0 Å². The van der Waals surface area contributed by atoms with Crippen molar-refractivity contribution in [1.29, 1.82) is 0 Å². The van der Waals surface area contributed by atoms with E-state index >= 15 is 0 Å². The molecule has 7 atom stereocenters. The third-order valence-electron chi connectivity index (χ3n) is 8.64. The van der Waals surface area contributed by atoms with Crippen LogP contribution in [-0.2, 0) is 16.6 Å². The summed E-state index contributed by atoms with van der Waals surface area (Å²) < 4.78 is 15.2. The Morgan fingerprint density at radius 2 is 1.90 bits per heavy atom. The molecule has 1 aromatic rings. The van der Waals surface area contributed by atoms with Crippen molar-refractivity contribution < 1.29 is 18.8 Å². The smallest absolute Gasteiger partial charge is 0.211 e. The largest absolute Gasteiger partial charge is 0.486 e. The van der Waals surface area contributed by atoms with Gasteiger partial charge in [-0.2, -0.15) is 0 Å². The van der Waals surface area contributed by atoms with Crippen molar-refractivity contribution in [2.45, 2.75) is 63.1 Å². The van der Waals surface area contributed by atoms with Crippen LogP contribution in [0.25, 0.3) is 0 Å². The molecular weight excluding hydrogens is 388 g/mol. The van der Waals surface area contributed by atoms with E-state index in [1.165, 1.54) is 36.0 Å². The van der Waals surface area contributed by atoms with Crippen LogP contribution in [0.5, 0.6) is 5.75 Å². The van der Waals surface area contributed by atoms with Crippen LogP contribution in [0, 0.1) is 23.7 Å². The van der Waals surface area contributed by atoms with E-state index in [0.717, 1.165) is 37.7 Å². The number of pyridine rings is 1. The van der Waals surface area contributed by atoms with Gasteiger partial charge in [-0.05, 0) is 50.0 Å². The van der Waals surface area contributed by atoms with Crippen LogP contribution in [0.2, 0.25) is 0 Å². The minimum absolute atomic E-state index is 0.170. The summed E-state index contributed by atoms with van der Waals surface area (Å²) in [6.07, 6.45) is 16.0. The molecule has 3 fully saturated rings. The molecule has 1 N–H and O–H groups in total. The third-order valence-corrected chi connectivity index (χ3v) is 8.64. The van der Waals surface area contributed by atoms with Gasteiger partial charge in [-0.1, -0.05) is 6.42 Å². The number of carbonyl (C=O) groups is 1. The Labute approximate surface area is 184 Å². The average molecular weight is 422 g/mol. The molecule has 0 bridgehead atoms. The van der Waals surface area contributed by atoms with Gasteiger partial charge in [0.05, 0.1) is 0 Å². The lowest BCUT2D eigenvalue weighted by molar-refractivity contribution is -0.672. The zero-order valence-electron chi connectivity index (χ0n) is 18.5. The molecule has 0 amide bonds. The predicted molar refractivity (Wildman–Crippen MR) is 116 cm³/mol. The second kappa shape index (κ2) is 7.39. The van der Waals surface area contributed by atoms with Gasteiger partial charge in [-0.15, -0.1) is 0 Å². The van der Waals surface area contributed by atoms with Gasteiger partial charge in [0.15, 0.2) is 24.0 Å². The highest BCUT2D eigenvalue weighted by molar-refractivity contribution is 5.75. The molecule has 0 aromatic carbocycles. The highest BCUT2D eigenvalue weighted by Gasteiger charge is 2.58. The number of ether oxygens (including phenoxy) is 2. The first-order valence-corrected chi connectivity index (χ1v) is 12.1. The summed E-state index contributed by atoms with van der Waals surface area (Å²) in [5.41, 5.74) is 3.84. The maximum Gasteiger partial charge on any atom is 0.211 e. The lowest BCUT2D eigenvalue weighted by Crippen LogP contribution is -2.54. The van der Waals surface area contributed by atoms with Crippen molar-refractivity contribution in [2.24, 2.45) is 30.7 Å². The number of nitrogens with one attached hydrogen (secondary N) is 1. The van der Waals surface area contributed by atoms with Crippen LogP contribution < -0.4 is 14.6 Å². The van der Waals surface area contributed by atoms with Crippen LogP contribution in [0.3, 0.4) is 0 Å². The number of aldehydes is 1. The topological polar surface area (TPSA) is 51.4 Å². The molecule has 164 valence electrons. The van der Waals surface area contributed by atoms with Gasteiger partial charge < -0.3 is 14.8 Å². The number of aryl methyl sites for hydroxylation is 1. The van der Waals surface area contributed by atoms with Crippen molar-refractivity contribution in [3.63, 3.8) is 0 Å². The van der Waals surface area contributed by atoms with E-state index < -0.39 is 0 Å². The van der Waals surface area contributed by atoms with Crippen molar-refractivity contribution in [3.8, 4) is 5.75 Å². The van der Waals surface area contributed by atoms with E-state index in [0.29, 0.717) is 35.3 Å². The summed E-state index contributed by atoms with van der Waals surface area (Å²) in [6, 6.07) is 2.28. The van der Waals surface area contributed by atoms with Crippen molar-refractivity contribution in [1.82, 2.24) is 5.32 Å². The van der Waals surface area contributed by atoms with E-state index in [1.807, 2.05) is 7.05 Å². The van der Waals surface area contributed by atoms with Crippen molar-refractivity contribution in [2.75, 3.05) is 7.05 Å². The molecular formula is C26H33N2O3+. The summed E-state index contributed by atoms with van der Waals surface area (Å²) in [5, 5.41) is 3.30. The minimum Gasteiger partial charge on any atom is -0.486 e. The Hall–Kier alpha value is -2.30. The van der Waals surface area contributed by atoms with E-state index in [9.17, 15) is 4.79 Å². The number of nitrogens with zero attached hydrogens (tertiary/aromatic N) is 1. The van der Waals surface area contributed by atoms with E-state index in [2.05, 4.69) is 41.6 Å². The maximum atomic E-state index is 12.3. The molecule has 5 heteroatoms. The summed E-state index contributed by atoms with van der Waals surface area (Å²) >= 11 is 0. The second-order valence-electron chi connectivity index (χ2n) is 10.1. The Balaban J connectivity index is 1.60. The number of aromatic nitrogens is 1. The van der Waals surface area contributed by atoms with Crippen molar-refractivity contribution >= 4 is 6.29 Å². The van der Waals surface area contributed by atoms with Crippen LogP contribution in [0.4, 0.5) is 0 Å². The number of rotatable bonds is 2. The van der Waals surface area contributed by atoms with Crippen LogP contribution in [0.1, 0.15) is 56.4 Å². The molecule has 1 aromatic heterocycles. The average Bonchev–Trinajstić information content (AvgIpc) is 2.79. The van der Waals surface area contributed by atoms with Gasteiger partial charge in [-0.3, -0.25) is 4.79 Å². The molecule has 5 nitrogen and oxygen atoms in total. The summed E-state index contributed by atoms with van der Waals surface area (Å²) in [6.45, 7) is 0. The van der Waals surface area contributed by atoms with Crippen LogP contribution >= 0.6 is 0 Å². The van der Waals surface area contributed by atoms with Gasteiger partial charge >= 0.3 is 0 Å². The highest BCUT2D eigenvalue weighted by atomic mass is 16.5. The first kappa shape index (κ1) is 19.4. The summed E-state index contributed by atoms with van der Waals surface area (Å²) in [4.78, 5) is 12.3. The first-order chi connectivity index (χ1) is 15.2. The van der Waals surface area contributed by atoms with Crippen LogP contribution in [0.15, 0.2) is 41.6 Å². The number of fused-ring (bicyclic) bond motifs is 6. The number of hydrogen-bond donors (Lipinski definition) is 1. The third kappa shape index (κ3) is 2.81. The number of hydrogen-bond acceptors (Lipinski definition) is 4. The van der Waals surface area contributed by atoms with E-state index in [1.54, 1.807) is 0 Å². The molecule has 31 heavy (non-hydrogen) atoms. The van der Waals surface area contributed by atoms with Gasteiger partial charge in [0.2, 0.25) is 6.20 Å². The minimum atomic E-state index is 0.170. The predicted octanol–water partition coefficient (Wildman–Crippen LogP) is 3.55. The Morgan fingerprint density at radius 3 is 2.74 bits per heavy atom. The standard InChI is InChI=1S/C26H32N2O3/c1-27-12-18-15-7-5-9-20-23(15)26(17-10-11-28(2)13-21(17)31-20)25-16-6-3-4-8-19(16)30-22(14-29)24(18)25/h10-16,19-20,23,25-26H,3-9H2,1-2H3/p+1. The first-order valence-electron chi connectivity index (χ1n) is 12.1. The number of allylic oxidation sites excluding steroid dienone is 3. The fraction of sp³-hybridized carbons (Fsp3) is 0.615. The van der Waals surface area contributed by atoms with Crippen molar-refractivity contribution in [3.05, 3.63) is 47.1 Å². The lowest BCUT2D eigenvalue weighted by atomic mass is 9.50. The Kier molecular flexibility index (Phi) is 4.62. The molecule has 2 aliphatic heterocycles. The molecule has 6 rings (SSSR count). The Bertz CT molecular complexity index is 967. The molecule has 0 radical (unpaired) electrons. The van der Waals surface area contributed by atoms with Gasteiger partial charge in [-0.25, -0.2) is 4.57 Å². The molecule has 5 aliphatic rings. The zero-order chi connectivity index (χ0) is 21.1. The van der Waals surface area contributed by atoms with Gasteiger partial charge in [0.1, 0.15) is 19.3 Å². The molecule has 7 unspecified atom stereocenters. The molecule has 3 heterocycles. The fourth-order valence-electron chi connectivity index (χ4n) is 7.62. The lowest BCUT2D eigenvalue weighted by Gasteiger charge is -2.57. The van der Waals surface area contributed by atoms with Crippen LogP contribution in [-0.4, -0.2) is 25.5 Å². The molecule has 3 aliphatic carbocycles. The van der Waals surface area contributed by atoms with Gasteiger partial charge in [0, 0.05) is 54.1 Å². The van der Waals surface area contributed by atoms with E-state index in [-0.39, 0.29) is 12.2 Å². The Morgan fingerprint density at radius 1 is 1.06 bits per heavy atom. The highest BCUT2D eigenvalue weighted by Crippen LogP contribution is 2.63. The molecule has 0 spiro atoms.